The molecule has 0 bridgehead atoms. The van der Waals surface area contributed by atoms with Crippen molar-refractivity contribution >= 4 is 11.6 Å². The van der Waals surface area contributed by atoms with Gasteiger partial charge in [0.1, 0.15) is 5.69 Å². The van der Waals surface area contributed by atoms with E-state index in [9.17, 15) is 4.79 Å². The molecule has 0 spiro atoms. The van der Waals surface area contributed by atoms with Gasteiger partial charge in [-0.3, -0.25) is 9.78 Å². The largest absolute Gasteiger partial charge is 0.467 e. The minimum atomic E-state index is -0.354. The number of hydrogen-bond acceptors (Lipinski definition) is 6. The minimum absolute atomic E-state index is 0.233. The average Bonchev–Trinajstić information content (AvgIpc) is 2.43. The maximum absolute atomic E-state index is 12.0. The summed E-state index contributed by atoms with van der Waals surface area (Å²) in [6.45, 7) is 3.53. The number of methoxy groups -OCH3 is 1. The van der Waals surface area contributed by atoms with E-state index in [1.54, 1.807) is 13.8 Å². The molecule has 98 valence electrons. The zero-order chi connectivity index (χ0) is 13.8. The van der Waals surface area contributed by atoms with E-state index in [2.05, 4.69) is 25.3 Å². The van der Waals surface area contributed by atoms with Gasteiger partial charge in [0.05, 0.1) is 30.4 Å². The number of aryl methyl sites for hydroxylation is 2. The van der Waals surface area contributed by atoms with Crippen LogP contribution >= 0.6 is 0 Å². The predicted octanol–water partition coefficient (Wildman–Crippen LogP) is 1.14. The Balaban J connectivity index is 2.27. The van der Waals surface area contributed by atoms with E-state index in [1.165, 1.54) is 25.7 Å². The molecule has 0 atom stereocenters. The van der Waals surface area contributed by atoms with E-state index in [-0.39, 0.29) is 17.6 Å². The Morgan fingerprint density at radius 2 is 1.89 bits per heavy atom. The van der Waals surface area contributed by atoms with Crippen LogP contribution in [0.25, 0.3) is 0 Å². The zero-order valence-electron chi connectivity index (χ0n) is 10.8. The number of carbonyl (C=O) groups excluding carboxylic acids is 1. The van der Waals surface area contributed by atoms with Gasteiger partial charge in [-0.25, -0.2) is 4.98 Å². The van der Waals surface area contributed by atoms with Crippen LogP contribution in [0, 0.1) is 13.8 Å². The Morgan fingerprint density at radius 3 is 2.42 bits per heavy atom. The average molecular weight is 259 g/mol. The van der Waals surface area contributed by atoms with E-state index in [0.717, 1.165) is 0 Å². The first-order valence-corrected chi connectivity index (χ1v) is 5.58. The molecule has 0 fully saturated rings. The first-order valence-electron chi connectivity index (χ1n) is 5.58. The maximum Gasteiger partial charge on any atom is 0.316 e. The third kappa shape index (κ3) is 2.82. The van der Waals surface area contributed by atoms with Crippen LogP contribution in [0.15, 0.2) is 18.6 Å². The van der Waals surface area contributed by atoms with E-state index < -0.39 is 0 Å². The van der Waals surface area contributed by atoms with Crippen LogP contribution in [-0.4, -0.2) is 33.0 Å². The van der Waals surface area contributed by atoms with Gasteiger partial charge in [0.15, 0.2) is 0 Å². The molecule has 7 heteroatoms. The zero-order valence-corrected chi connectivity index (χ0v) is 10.8. The first-order chi connectivity index (χ1) is 9.11. The quantitative estimate of drug-likeness (QED) is 0.889. The van der Waals surface area contributed by atoms with Crippen LogP contribution < -0.4 is 10.1 Å². The number of carbonyl (C=O) groups is 1. The van der Waals surface area contributed by atoms with E-state index in [4.69, 9.17) is 4.74 Å². The number of hydrogen-bond donors (Lipinski definition) is 1. The molecule has 0 radical (unpaired) electrons. The molecule has 0 aliphatic rings. The summed E-state index contributed by atoms with van der Waals surface area (Å²) < 4.78 is 4.96. The normalized spacial score (nSPS) is 10.1. The molecule has 2 rings (SSSR count). The molecule has 2 aromatic rings. The van der Waals surface area contributed by atoms with E-state index >= 15 is 0 Å². The second-order valence-corrected chi connectivity index (χ2v) is 3.80. The lowest BCUT2D eigenvalue weighted by Crippen LogP contribution is -2.16. The Bertz CT molecular complexity index is 577. The third-order valence-corrected chi connectivity index (χ3v) is 2.47. The maximum atomic E-state index is 12.0. The smallest absolute Gasteiger partial charge is 0.316 e. The standard InChI is InChI=1S/C12H13N5O2/c1-7-10(8(2)16-12(15-7)19-3)17-11(18)9-6-13-4-5-14-9/h4-6H,1-3H3,(H,17,18). The number of nitrogens with zero attached hydrogens (tertiary/aromatic N) is 4. The summed E-state index contributed by atoms with van der Waals surface area (Å²) in [5.74, 6) is -0.354. The Kier molecular flexibility index (Phi) is 3.65. The summed E-state index contributed by atoms with van der Waals surface area (Å²) in [4.78, 5) is 28.0. The lowest BCUT2D eigenvalue weighted by Gasteiger charge is -2.10. The lowest BCUT2D eigenvalue weighted by molar-refractivity contribution is 0.102. The minimum Gasteiger partial charge on any atom is -0.467 e. The molecule has 0 saturated carbocycles. The fourth-order valence-electron chi connectivity index (χ4n) is 1.55. The van der Waals surface area contributed by atoms with Crippen LogP contribution in [0.4, 0.5) is 5.69 Å². The number of nitrogens with one attached hydrogen (secondary N) is 1. The second-order valence-electron chi connectivity index (χ2n) is 3.80. The number of aromatic nitrogens is 4. The monoisotopic (exact) mass is 259 g/mol. The first kappa shape index (κ1) is 12.9. The predicted molar refractivity (Wildman–Crippen MR) is 68.0 cm³/mol. The highest BCUT2D eigenvalue weighted by Crippen LogP contribution is 2.19. The van der Waals surface area contributed by atoms with Gasteiger partial charge in [0.2, 0.25) is 0 Å². The number of anilines is 1. The molecule has 2 heterocycles. The van der Waals surface area contributed by atoms with Gasteiger partial charge in [0.25, 0.3) is 5.91 Å². The third-order valence-electron chi connectivity index (χ3n) is 2.47. The Hall–Kier alpha value is -2.57. The van der Waals surface area contributed by atoms with Crippen LogP contribution in [0.2, 0.25) is 0 Å². The number of ether oxygens (including phenoxy) is 1. The van der Waals surface area contributed by atoms with Crippen LogP contribution in [0.3, 0.4) is 0 Å². The van der Waals surface area contributed by atoms with Gasteiger partial charge in [-0.05, 0) is 13.8 Å². The van der Waals surface area contributed by atoms with Crippen molar-refractivity contribution < 1.29 is 9.53 Å². The summed E-state index contributed by atoms with van der Waals surface area (Å²) in [6, 6.07) is 0.271. The van der Waals surface area contributed by atoms with E-state index in [0.29, 0.717) is 17.1 Å². The highest BCUT2D eigenvalue weighted by Gasteiger charge is 2.14. The SMILES string of the molecule is COc1nc(C)c(NC(=O)c2cnccn2)c(C)n1. The lowest BCUT2D eigenvalue weighted by atomic mass is 10.2. The van der Waals surface area contributed by atoms with Gasteiger partial charge in [-0.2, -0.15) is 9.97 Å². The molecule has 0 aliphatic heterocycles. The summed E-state index contributed by atoms with van der Waals surface area (Å²) in [5, 5.41) is 2.72. The van der Waals surface area contributed by atoms with Crippen molar-refractivity contribution in [3.05, 3.63) is 35.7 Å². The fraction of sp³-hybridized carbons (Fsp3) is 0.250. The molecule has 0 aliphatic carbocycles. The van der Waals surface area contributed by atoms with Crippen molar-refractivity contribution in [3.63, 3.8) is 0 Å². The molecular weight excluding hydrogens is 246 g/mol. The van der Waals surface area contributed by atoms with Crippen molar-refractivity contribution in [2.75, 3.05) is 12.4 Å². The van der Waals surface area contributed by atoms with E-state index in [1.807, 2.05) is 0 Å². The van der Waals surface area contributed by atoms with Gasteiger partial charge >= 0.3 is 6.01 Å². The molecule has 0 aromatic carbocycles. The second kappa shape index (κ2) is 5.38. The Morgan fingerprint density at radius 1 is 1.21 bits per heavy atom. The van der Waals surface area contributed by atoms with Crippen molar-refractivity contribution in [3.8, 4) is 6.01 Å². The summed E-state index contributed by atoms with van der Waals surface area (Å²) in [5.41, 5.74) is 2.04. The van der Waals surface area contributed by atoms with Crippen molar-refractivity contribution in [1.29, 1.82) is 0 Å². The topological polar surface area (TPSA) is 89.9 Å². The molecule has 19 heavy (non-hydrogen) atoms. The van der Waals surface area contributed by atoms with Gasteiger partial charge < -0.3 is 10.1 Å². The van der Waals surface area contributed by atoms with Gasteiger partial charge in [-0.1, -0.05) is 0 Å². The van der Waals surface area contributed by atoms with Crippen molar-refractivity contribution in [2.24, 2.45) is 0 Å². The summed E-state index contributed by atoms with van der Waals surface area (Å²) in [7, 11) is 1.49. The fourth-order valence-corrected chi connectivity index (χ4v) is 1.55. The van der Waals surface area contributed by atoms with Gasteiger partial charge in [-0.15, -0.1) is 0 Å². The van der Waals surface area contributed by atoms with Crippen molar-refractivity contribution in [2.45, 2.75) is 13.8 Å². The van der Waals surface area contributed by atoms with Crippen LogP contribution in [-0.2, 0) is 0 Å². The number of rotatable bonds is 3. The molecule has 7 nitrogen and oxygen atoms in total. The highest BCUT2D eigenvalue weighted by atomic mass is 16.5. The summed E-state index contributed by atoms with van der Waals surface area (Å²) >= 11 is 0. The molecule has 1 N–H and O–H groups in total. The van der Waals surface area contributed by atoms with Crippen LogP contribution in [0.1, 0.15) is 21.9 Å². The molecular formula is C12H13N5O2. The summed E-state index contributed by atoms with van der Waals surface area (Å²) in [6.07, 6.45) is 4.35. The molecule has 1 amide bonds. The van der Waals surface area contributed by atoms with Gasteiger partial charge in [0, 0.05) is 12.4 Å². The molecule has 2 aromatic heterocycles. The van der Waals surface area contributed by atoms with Crippen LogP contribution in [0.5, 0.6) is 6.01 Å². The van der Waals surface area contributed by atoms with Crippen molar-refractivity contribution in [1.82, 2.24) is 19.9 Å². The Labute approximate surface area is 110 Å². The molecule has 0 unspecified atom stereocenters. The number of amides is 1. The highest BCUT2D eigenvalue weighted by molar-refractivity contribution is 6.03. The molecule has 0 saturated heterocycles.